The van der Waals surface area contributed by atoms with E-state index >= 15 is 0 Å². The van der Waals surface area contributed by atoms with Crippen LogP contribution in [0.2, 0.25) is 0 Å². The van der Waals surface area contributed by atoms with E-state index in [0.717, 1.165) is 31.2 Å². The first-order valence-electron chi connectivity index (χ1n) is 9.73. The largest absolute Gasteiger partial charge is 0.417 e. The van der Waals surface area contributed by atoms with Crippen molar-refractivity contribution < 1.29 is 36.3 Å². The van der Waals surface area contributed by atoms with E-state index in [2.05, 4.69) is 16.9 Å². The molecule has 0 unspecified atom stereocenters. The molecule has 33 heavy (non-hydrogen) atoms. The molecule has 0 bridgehead atoms. The highest BCUT2D eigenvalue weighted by molar-refractivity contribution is 5.97. The predicted molar refractivity (Wildman–Crippen MR) is 109 cm³/mol. The number of anilines is 1. The van der Waals surface area contributed by atoms with E-state index in [1.807, 2.05) is 0 Å². The van der Waals surface area contributed by atoms with Crippen molar-refractivity contribution in [3.63, 3.8) is 0 Å². The summed E-state index contributed by atoms with van der Waals surface area (Å²) in [6.45, 7) is 5.43. The number of amides is 2. The van der Waals surface area contributed by atoms with Crippen LogP contribution in [-0.2, 0) is 9.53 Å². The molecule has 2 heterocycles. The van der Waals surface area contributed by atoms with Crippen molar-refractivity contribution in [2.24, 2.45) is 11.7 Å². The lowest BCUT2D eigenvalue weighted by Crippen LogP contribution is -2.47. The van der Waals surface area contributed by atoms with Crippen LogP contribution in [0.25, 0.3) is 6.08 Å². The number of carbonyl (C=O) groups excluding carboxylic acids is 2. The van der Waals surface area contributed by atoms with Gasteiger partial charge in [-0.25, -0.2) is 8.78 Å². The lowest BCUT2D eigenvalue weighted by Gasteiger charge is -2.32. The Morgan fingerprint density at radius 3 is 2.52 bits per heavy atom. The standard InChI is InChI=1S/C22H20F5N3O3/c1-4-12-13(5-6-14(23)17(12)24)16-10(2)21(3,22(25,26)27)33-18(16)20(32)30-11-7-8-29-15(9-11)19(28)31/h4-10,16,18H,1H2,2-3H3,(H2,28,31)(H,29,30,32)/t10-,16+,18-,21+/m0/s1. The number of hydrogen-bond acceptors (Lipinski definition) is 4. The first-order chi connectivity index (χ1) is 15.3. The van der Waals surface area contributed by atoms with Crippen molar-refractivity contribution in [3.05, 3.63) is 65.5 Å². The lowest BCUT2D eigenvalue weighted by molar-refractivity contribution is -0.272. The van der Waals surface area contributed by atoms with Gasteiger partial charge in [-0.2, -0.15) is 13.2 Å². The molecule has 1 fully saturated rings. The molecule has 3 rings (SSSR count). The number of nitrogens with one attached hydrogen (secondary N) is 1. The van der Waals surface area contributed by atoms with Gasteiger partial charge in [0.15, 0.2) is 17.2 Å². The molecule has 6 nitrogen and oxygen atoms in total. The normalized spacial score (nSPS) is 25.0. The number of alkyl halides is 3. The predicted octanol–water partition coefficient (Wildman–Crippen LogP) is 4.18. The highest BCUT2D eigenvalue weighted by Crippen LogP contribution is 2.54. The first kappa shape index (κ1) is 24.3. The molecule has 1 aliphatic rings. The zero-order valence-corrected chi connectivity index (χ0v) is 17.5. The monoisotopic (exact) mass is 469 g/mol. The zero-order valence-electron chi connectivity index (χ0n) is 17.5. The van der Waals surface area contributed by atoms with Crippen molar-refractivity contribution in [2.45, 2.75) is 37.6 Å². The Bertz CT molecular complexity index is 1120. The van der Waals surface area contributed by atoms with Gasteiger partial charge < -0.3 is 15.8 Å². The van der Waals surface area contributed by atoms with Gasteiger partial charge in [0.05, 0.1) is 0 Å². The van der Waals surface area contributed by atoms with E-state index in [-0.39, 0.29) is 22.5 Å². The molecule has 1 saturated heterocycles. The van der Waals surface area contributed by atoms with E-state index in [4.69, 9.17) is 10.5 Å². The van der Waals surface area contributed by atoms with Crippen LogP contribution < -0.4 is 11.1 Å². The van der Waals surface area contributed by atoms with Gasteiger partial charge in [0.1, 0.15) is 11.8 Å². The summed E-state index contributed by atoms with van der Waals surface area (Å²) in [5.41, 5.74) is 1.83. The molecule has 11 heteroatoms. The van der Waals surface area contributed by atoms with Crippen LogP contribution in [0, 0.1) is 17.6 Å². The molecule has 4 atom stereocenters. The first-order valence-corrected chi connectivity index (χ1v) is 9.73. The van der Waals surface area contributed by atoms with Crippen LogP contribution in [0.5, 0.6) is 0 Å². The number of benzene rings is 1. The summed E-state index contributed by atoms with van der Waals surface area (Å²) in [7, 11) is 0. The summed E-state index contributed by atoms with van der Waals surface area (Å²) in [5.74, 6) is -7.05. The number of pyridine rings is 1. The SMILES string of the molecule is C=Cc1c([C@@H]2[C@@H](C(=O)Nc3ccnc(C(N)=O)c3)O[C@@](C)(C(F)(F)F)[C@H]2C)ccc(F)c1F. The molecule has 2 amide bonds. The molecular formula is C22H20F5N3O3. The summed E-state index contributed by atoms with van der Waals surface area (Å²) in [6.07, 6.45) is -4.46. The minimum Gasteiger partial charge on any atom is -0.364 e. The van der Waals surface area contributed by atoms with Crippen LogP contribution in [0.3, 0.4) is 0 Å². The average Bonchev–Trinajstić information content (AvgIpc) is 3.02. The van der Waals surface area contributed by atoms with Gasteiger partial charge in [0, 0.05) is 29.3 Å². The summed E-state index contributed by atoms with van der Waals surface area (Å²) in [4.78, 5) is 28.1. The van der Waals surface area contributed by atoms with Crippen LogP contribution in [-0.4, -0.2) is 34.7 Å². The highest BCUT2D eigenvalue weighted by atomic mass is 19.4. The second kappa shape index (κ2) is 8.54. The Labute approximate surface area is 185 Å². The Balaban J connectivity index is 2.08. The van der Waals surface area contributed by atoms with Gasteiger partial charge in [-0.05, 0) is 30.7 Å². The number of ether oxygens (including phenoxy) is 1. The van der Waals surface area contributed by atoms with Crippen molar-refractivity contribution in [3.8, 4) is 0 Å². The Morgan fingerprint density at radius 1 is 1.27 bits per heavy atom. The molecule has 0 saturated carbocycles. The number of primary amides is 1. The molecule has 2 aromatic rings. The molecule has 3 N–H and O–H groups in total. The third-order valence-electron chi connectivity index (χ3n) is 5.94. The fourth-order valence-corrected chi connectivity index (χ4v) is 3.96. The number of carbonyl (C=O) groups is 2. The molecule has 1 aromatic carbocycles. The van der Waals surface area contributed by atoms with E-state index in [1.165, 1.54) is 19.2 Å². The smallest absolute Gasteiger partial charge is 0.364 e. The second-order valence-corrected chi connectivity index (χ2v) is 7.81. The molecule has 0 aliphatic carbocycles. The van der Waals surface area contributed by atoms with Crippen molar-refractivity contribution in [2.75, 3.05) is 5.32 Å². The number of nitrogens with zero attached hydrogens (tertiary/aromatic N) is 1. The van der Waals surface area contributed by atoms with Gasteiger partial charge in [-0.3, -0.25) is 14.6 Å². The summed E-state index contributed by atoms with van der Waals surface area (Å²) in [6, 6.07) is 4.32. The Kier molecular flexibility index (Phi) is 6.29. The van der Waals surface area contributed by atoms with Gasteiger partial charge in [0.25, 0.3) is 11.8 Å². The zero-order chi connectivity index (χ0) is 24.7. The van der Waals surface area contributed by atoms with E-state index < -0.39 is 53.2 Å². The Hall–Kier alpha value is -3.34. The number of rotatable bonds is 5. The van der Waals surface area contributed by atoms with E-state index in [9.17, 15) is 31.5 Å². The molecule has 1 aliphatic heterocycles. The average molecular weight is 469 g/mol. The lowest BCUT2D eigenvalue weighted by atomic mass is 9.75. The van der Waals surface area contributed by atoms with Crippen molar-refractivity contribution in [1.82, 2.24) is 4.98 Å². The molecule has 1 aromatic heterocycles. The number of nitrogens with two attached hydrogens (primary N) is 1. The van der Waals surface area contributed by atoms with Crippen LogP contribution in [0.1, 0.15) is 41.4 Å². The number of halogens is 5. The maximum atomic E-state index is 14.4. The number of aromatic nitrogens is 1. The molecule has 0 radical (unpaired) electrons. The Morgan fingerprint density at radius 2 is 1.94 bits per heavy atom. The molecule has 0 spiro atoms. The minimum atomic E-state index is -4.87. The third-order valence-corrected chi connectivity index (χ3v) is 5.94. The van der Waals surface area contributed by atoms with Gasteiger partial charge in [0.2, 0.25) is 0 Å². The fourth-order valence-electron chi connectivity index (χ4n) is 3.96. The van der Waals surface area contributed by atoms with Crippen molar-refractivity contribution >= 4 is 23.6 Å². The fraction of sp³-hybridized carbons (Fsp3) is 0.318. The summed E-state index contributed by atoms with van der Waals surface area (Å²) >= 11 is 0. The van der Waals surface area contributed by atoms with Crippen LogP contribution in [0.4, 0.5) is 27.6 Å². The maximum absolute atomic E-state index is 14.4. The van der Waals surface area contributed by atoms with Gasteiger partial charge in [-0.1, -0.05) is 25.6 Å². The van der Waals surface area contributed by atoms with E-state index in [1.54, 1.807) is 0 Å². The minimum absolute atomic E-state index is 0.0358. The van der Waals surface area contributed by atoms with Crippen LogP contribution in [0.15, 0.2) is 37.0 Å². The number of hydrogen-bond donors (Lipinski definition) is 2. The molecule has 176 valence electrons. The molecular weight excluding hydrogens is 449 g/mol. The maximum Gasteiger partial charge on any atom is 0.417 e. The second-order valence-electron chi connectivity index (χ2n) is 7.81. The summed E-state index contributed by atoms with van der Waals surface area (Å²) < 4.78 is 75.3. The highest BCUT2D eigenvalue weighted by Gasteiger charge is 2.65. The quantitative estimate of drug-likeness (QED) is 0.643. The van der Waals surface area contributed by atoms with Gasteiger partial charge >= 0.3 is 6.18 Å². The topological polar surface area (TPSA) is 94.3 Å². The summed E-state index contributed by atoms with van der Waals surface area (Å²) in [5, 5.41) is 2.38. The third kappa shape index (κ3) is 4.20. The van der Waals surface area contributed by atoms with Crippen molar-refractivity contribution in [1.29, 1.82) is 0 Å². The van der Waals surface area contributed by atoms with Gasteiger partial charge in [-0.15, -0.1) is 0 Å². The van der Waals surface area contributed by atoms with E-state index in [0.29, 0.717) is 0 Å². The van der Waals surface area contributed by atoms with Crippen LogP contribution >= 0.6 is 0 Å².